The van der Waals surface area contributed by atoms with Gasteiger partial charge in [0, 0.05) is 18.8 Å². The lowest BCUT2D eigenvalue weighted by Gasteiger charge is -2.34. The number of alkyl halides is 4. The highest BCUT2D eigenvalue weighted by Gasteiger charge is 2.33. The number of hydrogen-bond acceptors (Lipinski definition) is 7. The number of rotatable bonds is 8. The summed E-state index contributed by atoms with van der Waals surface area (Å²) in [5.41, 5.74) is 0.764. The van der Waals surface area contributed by atoms with Crippen LogP contribution >= 0.6 is 0 Å². The summed E-state index contributed by atoms with van der Waals surface area (Å²) in [4.78, 5) is 18.7. The number of nitrogens with one attached hydrogen (secondary N) is 2. The van der Waals surface area contributed by atoms with Crippen molar-refractivity contribution >= 4 is 17.1 Å². The van der Waals surface area contributed by atoms with Crippen molar-refractivity contribution in [3.05, 3.63) is 47.8 Å². The van der Waals surface area contributed by atoms with Crippen LogP contribution in [0.15, 0.2) is 36.7 Å². The number of aromatic nitrogens is 3. The Labute approximate surface area is 222 Å². The van der Waals surface area contributed by atoms with Crippen LogP contribution in [-0.2, 0) is 0 Å². The van der Waals surface area contributed by atoms with Crippen LogP contribution in [0.25, 0.3) is 16.9 Å². The van der Waals surface area contributed by atoms with Crippen molar-refractivity contribution in [3.63, 3.8) is 0 Å². The van der Waals surface area contributed by atoms with E-state index in [4.69, 9.17) is 5.26 Å². The number of carbonyl (C=O) groups is 1. The van der Waals surface area contributed by atoms with E-state index >= 15 is 0 Å². The van der Waals surface area contributed by atoms with Crippen molar-refractivity contribution in [2.45, 2.75) is 50.7 Å². The fraction of sp³-hybridized carbons (Fsp3) is 0.462. The summed E-state index contributed by atoms with van der Waals surface area (Å²) in [5.74, 6) is -0.650. The number of likely N-dealkylation sites (tertiary alicyclic amines) is 1. The zero-order valence-electron chi connectivity index (χ0n) is 21.5. The van der Waals surface area contributed by atoms with E-state index in [-0.39, 0.29) is 18.2 Å². The van der Waals surface area contributed by atoms with Gasteiger partial charge in [-0.05, 0) is 57.5 Å². The van der Waals surface area contributed by atoms with Gasteiger partial charge in [-0.15, -0.1) is 0 Å². The molecule has 1 amide bonds. The van der Waals surface area contributed by atoms with Crippen LogP contribution in [0.1, 0.15) is 42.6 Å². The number of amides is 1. The average molecular weight is 548 g/mol. The number of hydrogen-bond donors (Lipinski definition) is 3. The second kappa shape index (κ2) is 11.2. The lowest BCUT2D eigenvalue weighted by Crippen LogP contribution is -2.46. The molecule has 39 heavy (non-hydrogen) atoms. The molecule has 1 fully saturated rings. The molecule has 2 atom stereocenters. The molecule has 0 bridgehead atoms. The molecule has 13 heteroatoms. The summed E-state index contributed by atoms with van der Waals surface area (Å²) in [7, 11) is 0. The molecule has 0 radical (unpaired) electrons. The highest BCUT2D eigenvalue weighted by atomic mass is 19.4. The highest BCUT2D eigenvalue weighted by molar-refractivity contribution is 6.00. The summed E-state index contributed by atoms with van der Waals surface area (Å²) in [6, 6.07) is 8.41. The van der Waals surface area contributed by atoms with E-state index in [0.29, 0.717) is 47.5 Å². The molecule has 1 saturated heterocycles. The Morgan fingerprint density at radius 2 is 2.05 bits per heavy atom. The second-order valence-electron chi connectivity index (χ2n) is 10.2. The predicted molar refractivity (Wildman–Crippen MR) is 136 cm³/mol. The molecule has 3 N–H and O–H groups in total. The summed E-state index contributed by atoms with van der Waals surface area (Å²) < 4.78 is 54.8. The molecule has 9 nitrogen and oxygen atoms in total. The number of aliphatic hydroxyl groups is 1. The number of fused-ring (bicyclic) bond motifs is 1. The maximum absolute atomic E-state index is 14.3. The SMILES string of the molecule is CC(C)(O)[C@H](F)CNC(=O)c1cnc(-c2ccc3cc(C#N)cnn23)cc1NC1CCCN(CC(F)(F)F)C1. The largest absolute Gasteiger partial charge is 0.401 e. The lowest BCUT2D eigenvalue weighted by molar-refractivity contribution is -0.147. The van der Waals surface area contributed by atoms with E-state index < -0.39 is 36.9 Å². The minimum Gasteiger partial charge on any atom is -0.387 e. The van der Waals surface area contributed by atoms with Crippen LogP contribution < -0.4 is 10.6 Å². The highest BCUT2D eigenvalue weighted by Crippen LogP contribution is 2.28. The van der Waals surface area contributed by atoms with Crippen LogP contribution in [0.5, 0.6) is 0 Å². The molecule has 4 rings (SSSR count). The van der Waals surface area contributed by atoms with Gasteiger partial charge in [-0.1, -0.05) is 0 Å². The van der Waals surface area contributed by atoms with E-state index in [9.17, 15) is 27.5 Å². The first kappa shape index (κ1) is 28.3. The van der Waals surface area contributed by atoms with E-state index in [2.05, 4.69) is 20.7 Å². The number of piperidine rings is 1. The first-order valence-electron chi connectivity index (χ1n) is 12.4. The third kappa shape index (κ3) is 7.01. The standard InChI is InChI=1S/C26H29F4N7O2/c1-25(2,39)23(27)13-33-24(38)19-12-32-21(22-6-5-18-8-16(10-31)11-34-37(18)22)9-20(19)35-17-4-3-7-36(14-17)15-26(28,29)30/h5-6,8-9,11-12,17,23,39H,3-4,7,13-15H2,1-2H3,(H,32,35)(H,33,38)/t17?,23-/m1/s1. The summed E-state index contributed by atoms with van der Waals surface area (Å²) >= 11 is 0. The fourth-order valence-electron chi connectivity index (χ4n) is 4.47. The van der Waals surface area contributed by atoms with Gasteiger partial charge in [0.25, 0.3) is 5.91 Å². The molecule has 1 unspecified atom stereocenters. The van der Waals surface area contributed by atoms with Crippen molar-refractivity contribution in [1.29, 1.82) is 5.26 Å². The predicted octanol–water partition coefficient (Wildman–Crippen LogP) is 3.55. The zero-order chi connectivity index (χ0) is 28.4. The third-order valence-electron chi connectivity index (χ3n) is 6.52. The Morgan fingerprint density at radius 1 is 1.28 bits per heavy atom. The Morgan fingerprint density at radius 3 is 2.74 bits per heavy atom. The smallest absolute Gasteiger partial charge is 0.387 e. The monoisotopic (exact) mass is 547 g/mol. The molecule has 0 saturated carbocycles. The van der Waals surface area contributed by atoms with Crippen molar-refractivity contribution in [1.82, 2.24) is 24.8 Å². The van der Waals surface area contributed by atoms with Crippen molar-refractivity contribution < 1.29 is 27.5 Å². The number of nitrogens with zero attached hydrogens (tertiary/aromatic N) is 5. The molecule has 208 valence electrons. The topological polar surface area (TPSA) is 119 Å². The Balaban J connectivity index is 1.64. The summed E-state index contributed by atoms with van der Waals surface area (Å²) in [5, 5.41) is 28.9. The van der Waals surface area contributed by atoms with Crippen LogP contribution in [-0.4, -0.2) is 80.7 Å². The van der Waals surface area contributed by atoms with E-state index in [1.165, 1.54) is 31.1 Å². The normalized spacial score (nSPS) is 17.5. The van der Waals surface area contributed by atoms with E-state index in [1.807, 2.05) is 6.07 Å². The molecular weight excluding hydrogens is 518 g/mol. The van der Waals surface area contributed by atoms with Crippen molar-refractivity contribution in [2.24, 2.45) is 0 Å². The Bertz CT molecular complexity index is 1380. The fourth-order valence-corrected chi connectivity index (χ4v) is 4.47. The van der Waals surface area contributed by atoms with Crippen molar-refractivity contribution in [2.75, 3.05) is 31.5 Å². The third-order valence-corrected chi connectivity index (χ3v) is 6.52. The average Bonchev–Trinajstić information content (AvgIpc) is 3.29. The number of pyridine rings is 1. The minimum atomic E-state index is -4.32. The van der Waals surface area contributed by atoms with Gasteiger partial charge in [0.05, 0.1) is 58.6 Å². The quantitative estimate of drug-likeness (QED) is 0.369. The first-order valence-corrected chi connectivity index (χ1v) is 12.4. The Hall–Kier alpha value is -3.76. The zero-order valence-corrected chi connectivity index (χ0v) is 21.5. The Kier molecular flexibility index (Phi) is 8.08. The molecule has 4 heterocycles. The lowest BCUT2D eigenvalue weighted by atomic mass is 10.0. The molecule has 1 aliphatic rings. The van der Waals surface area contributed by atoms with Gasteiger partial charge in [-0.3, -0.25) is 14.7 Å². The number of halogens is 4. The van der Waals surface area contributed by atoms with Gasteiger partial charge < -0.3 is 15.7 Å². The van der Waals surface area contributed by atoms with Crippen LogP contribution in [0.4, 0.5) is 23.2 Å². The number of anilines is 1. The van der Waals surface area contributed by atoms with Crippen LogP contribution in [0.2, 0.25) is 0 Å². The van der Waals surface area contributed by atoms with Crippen LogP contribution in [0.3, 0.4) is 0 Å². The van der Waals surface area contributed by atoms with Gasteiger partial charge in [0.2, 0.25) is 0 Å². The molecule has 3 aromatic heterocycles. The molecule has 0 aromatic carbocycles. The molecule has 3 aromatic rings. The maximum Gasteiger partial charge on any atom is 0.401 e. The first-order chi connectivity index (χ1) is 18.3. The molecule has 0 aliphatic carbocycles. The maximum atomic E-state index is 14.3. The van der Waals surface area contributed by atoms with Gasteiger partial charge in [0.15, 0.2) is 0 Å². The second-order valence-corrected chi connectivity index (χ2v) is 10.2. The van der Waals surface area contributed by atoms with E-state index in [1.54, 1.807) is 28.8 Å². The van der Waals surface area contributed by atoms with Gasteiger partial charge in [-0.2, -0.15) is 23.5 Å². The van der Waals surface area contributed by atoms with Gasteiger partial charge in [-0.25, -0.2) is 8.91 Å². The molecule has 0 spiro atoms. The summed E-state index contributed by atoms with van der Waals surface area (Å²) in [6.07, 6.45) is -2.21. The van der Waals surface area contributed by atoms with Gasteiger partial charge in [0.1, 0.15) is 12.2 Å². The minimum absolute atomic E-state index is 0.0789. The van der Waals surface area contributed by atoms with Crippen molar-refractivity contribution in [3.8, 4) is 17.5 Å². The number of carbonyl (C=O) groups excluding carboxylic acids is 1. The molecular formula is C26H29F4N7O2. The van der Waals surface area contributed by atoms with Crippen LogP contribution in [0, 0.1) is 11.3 Å². The summed E-state index contributed by atoms with van der Waals surface area (Å²) in [6.45, 7) is 1.54. The van der Waals surface area contributed by atoms with E-state index in [0.717, 1.165) is 0 Å². The van der Waals surface area contributed by atoms with Gasteiger partial charge >= 0.3 is 6.18 Å². The molecule has 1 aliphatic heterocycles. The number of nitriles is 1.